The molecule has 2 aromatic carbocycles. The van der Waals surface area contributed by atoms with Gasteiger partial charge in [0.05, 0.1) is 0 Å². The van der Waals surface area contributed by atoms with Gasteiger partial charge in [0.2, 0.25) is 0 Å². The van der Waals surface area contributed by atoms with E-state index < -0.39 is 6.51 Å². The molecule has 0 amide bonds. The number of fused-ring (bicyclic) bond motifs is 10. The molecule has 1 spiro atoms. The van der Waals surface area contributed by atoms with E-state index in [1.54, 1.807) is 10.6 Å². The predicted octanol–water partition coefficient (Wildman–Crippen LogP) is 6.13. The number of hydrogen-bond donors (Lipinski definition) is 0. The Bertz CT molecular complexity index is 1480. The van der Waals surface area contributed by atoms with Crippen LogP contribution in [0.25, 0.3) is 0 Å². The normalized spacial score (nSPS) is 81.3. The summed E-state index contributed by atoms with van der Waals surface area (Å²) in [5.74, 6) is 0. The third-order valence-corrected chi connectivity index (χ3v) is 73.2. The first-order valence-corrected chi connectivity index (χ1v) is 18.1. The Morgan fingerprint density at radius 2 is 1.07 bits per heavy atom. The molecule has 10 heterocycles. The van der Waals surface area contributed by atoms with Gasteiger partial charge >= 0.3 is 150 Å². The summed E-state index contributed by atoms with van der Waals surface area (Å²) >= 11 is 4.25. The zero-order valence-corrected chi connectivity index (χ0v) is 19.5. The summed E-state index contributed by atoms with van der Waals surface area (Å²) in [5, 5.41) is 3.44. The molecule has 10 saturated heterocycles. The van der Waals surface area contributed by atoms with Gasteiger partial charge in [0.1, 0.15) is 0 Å². The fraction of sp³-hybridized carbons (Fsp3) is 0.455. The summed E-state index contributed by atoms with van der Waals surface area (Å²) in [6.45, 7) is -3.28. The van der Waals surface area contributed by atoms with Crippen LogP contribution in [0.1, 0.15) is 0 Å². The van der Waals surface area contributed by atoms with E-state index >= 15 is 0 Å². The van der Waals surface area contributed by atoms with E-state index in [1.807, 2.05) is 0 Å². The number of benzene rings is 2. The van der Waals surface area contributed by atoms with Crippen LogP contribution in [-0.4, -0.2) is 4.05 Å². The molecule has 8 atom stereocenters. The molecule has 0 saturated carbocycles. The maximum atomic E-state index is 4.25. The molecule has 10 aliphatic rings. The maximum absolute atomic E-state index is 4.25. The Morgan fingerprint density at radius 1 is 0.667 bits per heavy atom. The Balaban J connectivity index is 0.000000589. The average molecular weight is 549 g/mol. The third kappa shape index (κ3) is 0.245. The van der Waals surface area contributed by atoms with E-state index in [0.717, 1.165) is 6.84 Å². The van der Waals surface area contributed by atoms with Gasteiger partial charge in [0.15, 0.2) is 0 Å². The second-order valence-corrected chi connectivity index (χ2v) is 40.6. The monoisotopic (exact) mass is 547 g/mol. The summed E-state index contributed by atoms with van der Waals surface area (Å²) < 4.78 is 1.77. The van der Waals surface area contributed by atoms with Crippen molar-refractivity contribution in [2.75, 3.05) is 0 Å². The van der Waals surface area contributed by atoms with Crippen LogP contribution in [0.4, 0.5) is 0 Å². The summed E-state index contributed by atoms with van der Waals surface area (Å²) in [6, 6.07) is 23.7. The van der Waals surface area contributed by atoms with Crippen molar-refractivity contribution in [1.82, 2.24) is 0 Å². The van der Waals surface area contributed by atoms with Gasteiger partial charge in [-0.25, -0.2) is 0 Å². The molecule has 8 unspecified atom stereocenters. The molecular formula is C22H20Cl2FePPd. The molecule has 0 radical (unpaired) electrons. The van der Waals surface area contributed by atoms with Crippen molar-refractivity contribution in [2.24, 2.45) is 0 Å². The predicted molar refractivity (Wildman–Crippen MR) is 109 cm³/mol. The number of rotatable bonds is 3. The molecule has 145 valence electrons. The van der Waals surface area contributed by atoms with Gasteiger partial charge in [0.25, 0.3) is 0 Å². The van der Waals surface area contributed by atoms with Crippen LogP contribution in [0.2, 0.25) is 41.3 Å². The second kappa shape index (κ2) is 1.73. The average Bonchev–Trinajstić information content (AvgIpc) is 3.60. The van der Waals surface area contributed by atoms with E-state index in [9.17, 15) is 0 Å². The standard InChI is InChI=1S/C17H14P.C5H4.2ClH.Fe.Pd/c1-3-9-15(10-4-1)18(17-13-7-8-14-17)16-11-5-2-6-12-16;1-2-4-5-3-1;;;;/h1-14H;1-4H;2*1H;;. The van der Waals surface area contributed by atoms with Gasteiger partial charge < -0.3 is 0 Å². The molecule has 10 aliphatic heterocycles. The van der Waals surface area contributed by atoms with Gasteiger partial charge in [-0.2, -0.15) is 0 Å². The Hall–Kier alpha value is 0.632. The van der Waals surface area contributed by atoms with Crippen LogP contribution in [0, 0.1) is 0 Å². The van der Waals surface area contributed by atoms with E-state index in [1.165, 1.54) is 38.5 Å². The van der Waals surface area contributed by atoms with E-state index in [0.29, 0.717) is 0 Å². The number of halogens is 2. The van der Waals surface area contributed by atoms with Gasteiger partial charge in [-0.05, 0) is 0 Å². The van der Waals surface area contributed by atoms with Crippen LogP contribution in [-0.2, 0) is 25.7 Å². The molecule has 0 nitrogen and oxygen atoms in total. The second-order valence-electron chi connectivity index (χ2n) is 12.6. The molecule has 0 aliphatic carbocycles. The van der Waals surface area contributed by atoms with Gasteiger partial charge in [-0.1, -0.05) is 0 Å². The minimum absolute atomic E-state index is 0. The summed E-state index contributed by atoms with van der Waals surface area (Å²) in [7, 11) is -0.124. The molecule has 5 heteroatoms. The van der Waals surface area contributed by atoms with Crippen LogP contribution in [0.15, 0.2) is 60.7 Å². The summed E-state index contributed by atoms with van der Waals surface area (Å²) in [5.41, 5.74) is 0. The molecule has 10 fully saturated rings. The third-order valence-electron chi connectivity index (χ3n) is 16.8. The minimum atomic E-state index is -3.28. The van der Waals surface area contributed by atoms with E-state index in [-0.39, 0.29) is 32.7 Å². The number of hydrogen-bond acceptors (Lipinski definition) is 0. The van der Waals surface area contributed by atoms with Crippen molar-refractivity contribution in [2.45, 2.75) is 45.4 Å². The van der Waals surface area contributed by atoms with Crippen molar-refractivity contribution in [1.29, 1.82) is 0 Å². The fourth-order valence-electron chi connectivity index (χ4n) is 18.3. The molecule has 0 bridgehead atoms. The Morgan fingerprint density at radius 3 is 1.33 bits per heavy atom. The van der Waals surface area contributed by atoms with Crippen molar-refractivity contribution in [3.05, 3.63) is 60.7 Å². The van der Waals surface area contributed by atoms with Gasteiger partial charge in [-0.3, -0.25) is 0 Å². The first-order chi connectivity index (χ1) is 12.0. The van der Waals surface area contributed by atoms with Crippen LogP contribution in [0.3, 0.4) is 0 Å². The van der Waals surface area contributed by atoms with Gasteiger partial charge in [0, 0.05) is 0 Å². The van der Waals surface area contributed by atoms with Gasteiger partial charge in [-0.15, -0.1) is 24.8 Å². The molecule has 12 rings (SSSR count). The van der Waals surface area contributed by atoms with Crippen molar-refractivity contribution in [3.63, 3.8) is 0 Å². The molecule has 27 heavy (non-hydrogen) atoms. The van der Waals surface area contributed by atoms with E-state index in [2.05, 4.69) is 79.9 Å². The van der Waals surface area contributed by atoms with Crippen molar-refractivity contribution >= 4 is 43.3 Å². The van der Waals surface area contributed by atoms with Crippen molar-refractivity contribution in [3.8, 4) is 0 Å². The molecule has 0 aromatic heterocycles. The molecule has 2 aromatic rings. The van der Waals surface area contributed by atoms with Crippen LogP contribution >= 0.6 is 32.7 Å². The Kier molecular flexibility index (Phi) is 0.935. The molecule has 0 N–H and O–H groups in total. The first kappa shape index (κ1) is 14.6. The van der Waals surface area contributed by atoms with Crippen LogP contribution < -0.4 is 10.6 Å². The van der Waals surface area contributed by atoms with Crippen molar-refractivity contribution < 1.29 is 25.7 Å². The molecular weight excluding hydrogens is 528 g/mol. The topological polar surface area (TPSA) is 0 Å². The SMILES string of the molecule is Cl.Cl.[Pd][C]12[CH]3[CH]4[CH]5[CH]1[Fe]45321678[CH]2[CH]1[CH]6[C]7(P(c1ccccc1)c1ccccc1)[CH]28. The summed E-state index contributed by atoms with van der Waals surface area (Å²) in [4.78, 5) is 10.8. The fourth-order valence-corrected chi connectivity index (χ4v) is 120. The first-order valence-electron chi connectivity index (χ1n) is 9.79. The van der Waals surface area contributed by atoms with E-state index in [4.69, 9.17) is 0 Å². The summed E-state index contributed by atoms with van der Waals surface area (Å²) in [6.07, 6.45) is 0. The Labute approximate surface area is 173 Å². The zero-order chi connectivity index (χ0) is 15.7. The quantitative estimate of drug-likeness (QED) is 0.320. The zero-order valence-electron chi connectivity index (χ0n) is 14.3. The van der Waals surface area contributed by atoms with Crippen LogP contribution in [0.5, 0.6) is 0 Å².